The van der Waals surface area contributed by atoms with Gasteiger partial charge in [0.25, 0.3) is 11.5 Å². The zero-order valence-corrected chi connectivity index (χ0v) is 17.1. The summed E-state index contributed by atoms with van der Waals surface area (Å²) in [5.41, 5.74) is 10.7. The topological polar surface area (TPSA) is 111 Å². The summed E-state index contributed by atoms with van der Waals surface area (Å²) in [5, 5.41) is 7.53. The summed E-state index contributed by atoms with van der Waals surface area (Å²) in [4.78, 5) is 29.8. The number of rotatable bonds is 5. The highest BCUT2D eigenvalue weighted by molar-refractivity contribution is 5.94. The second kappa shape index (κ2) is 8.93. The predicted octanol–water partition coefficient (Wildman–Crippen LogP) is 3.75. The number of nitrogens with one attached hydrogen (secondary N) is 3. The lowest BCUT2D eigenvalue weighted by Gasteiger charge is -2.26. The quantitative estimate of drug-likeness (QED) is 0.549. The summed E-state index contributed by atoms with van der Waals surface area (Å²) in [6.07, 6.45) is 1.53. The van der Waals surface area contributed by atoms with Crippen molar-refractivity contribution < 1.29 is 9.53 Å². The highest BCUT2D eigenvalue weighted by atomic mass is 16.5. The van der Waals surface area contributed by atoms with E-state index in [9.17, 15) is 9.59 Å². The average Bonchev–Trinajstić information content (AvgIpc) is 2.81. The van der Waals surface area contributed by atoms with Crippen LogP contribution in [0, 0.1) is 12.5 Å². The first-order valence-corrected chi connectivity index (χ1v) is 10.0. The molecule has 0 unspecified atom stereocenters. The molecule has 4 rings (SSSR count). The Labute approximate surface area is 179 Å². The van der Waals surface area contributed by atoms with Gasteiger partial charge in [0.15, 0.2) is 0 Å². The van der Waals surface area contributed by atoms with Gasteiger partial charge < -0.3 is 19.9 Å². The molecular weight excluding hydrogens is 394 g/mol. The number of aromatic amines is 1. The Morgan fingerprint density at radius 2 is 1.87 bits per heavy atom. The lowest BCUT2D eigenvalue weighted by atomic mass is 10.0. The summed E-state index contributed by atoms with van der Waals surface area (Å²) < 4.78 is 5.29. The molecule has 2 heterocycles. The van der Waals surface area contributed by atoms with E-state index in [1.807, 2.05) is 31.2 Å². The van der Waals surface area contributed by atoms with Crippen molar-refractivity contribution in [3.05, 3.63) is 81.8 Å². The van der Waals surface area contributed by atoms with E-state index >= 15 is 0 Å². The summed E-state index contributed by atoms with van der Waals surface area (Å²) in [6.45, 7) is 4.15. The minimum absolute atomic E-state index is 0.0226. The van der Waals surface area contributed by atoms with Gasteiger partial charge >= 0.3 is 0 Å². The number of aryl methyl sites for hydroxylation is 1. The van der Waals surface area contributed by atoms with Crippen molar-refractivity contribution in [2.75, 3.05) is 31.6 Å². The molecule has 3 N–H and O–H groups in total. The smallest absolute Gasteiger partial charge is 0.258 e. The van der Waals surface area contributed by atoms with Crippen LogP contribution >= 0.6 is 0 Å². The molecule has 3 aromatic rings. The Kier molecular flexibility index (Phi) is 5.90. The number of amides is 1. The Morgan fingerprint density at radius 1 is 1.16 bits per heavy atom. The number of aromatic nitrogens is 1. The first-order valence-electron chi connectivity index (χ1n) is 10.0. The first kappa shape index (κ1) is 20.5. The molecule has 1 aromatic heterocycles. The molecule has 8 heteroatoms. The number of ether oxygens (including phenoxy) is 1. The predicted molar refractivity (Wildman–Crippen MR) is 119 cm³/mol. The maximum absolute atomic E-state index is 12.6. The van der Waals surface area contributed by atoms with Crippen LogP contribution in [-0.4, -0.2) is 42.1 Å². The molecule has 31 heavy (non-hydrogen) atoms. The minimum atomic E-state index is -0.299. The number of carbonyl (C=O) groups excluding carboxylic acids is 1. The van der Waals surface area contributed by atoms with Crippen molar-refractivity contribution in [1.29, 1.82) is 5.53 Å². The fraction of sp³-hybridized carbons (Fsp3) is 0.217. The summed E-state index contributed by atoms with van der Waals surface area (Å²) >= 11 is 0. The van der Waals surface area contributed by atoms with E-state index in [4.69, 9.17) is 10.3 Å². The van der Waals surface area contributed by atoms with Crippen LogP contribution in [0.25, 0.3) is 16.6 Å². The Hall–Kier alpha value is -3.78. The van der Waals surface area contributed by atoms with E-state index < -0.39 is 0 Å². The fourth-order valence-corrected chi connectivity index (χ4v) is 3.69. The first-order chi connectivity index (χ1) is 15.1. The van der Waals surface area contributed by atoms with E-state index in [1.54, 1.807) is 29.2 Å². The molecule has 1 aliphatic rings. The highest BCUT2D eigenvalue weighted by Gasteiger charge is 2.18. The van der Waals surface area contributed by atoms with Crippen LogP contribution in [0.15, 0.2) is 64.6 Å². The molecule has 0 aliphatic carbocycles. The van der Waals surface area contributed by atoms with Gasteiger partial charge in [0, 0.05) is 41.4 Å². The van der Waals surface area contributed by atoms with Gasteiger partial charge in [0.1, 0.15) is 5.70 Å². The van der Waals surface area contributed by atoms with E-state index in [0.717, 1.165) is 22.2 Å². The number of para-hydroxylation sites is 1. The normalized spacial score (nSPS) is 14.5. The van der Waals surface area contributed by atoms with Crippen molar-refractivity contribution >= 4 is 28.2 Å². The van der Waals surface area contributed by atoms with Gasteiger partial charge in [-0.25, -0.2) is 5.53 Å². The molecule has 158 valence electrons. The second-order valence-corrected chi connectivity index (χ2v) is 7.27. The second-order valence-electron chi connectivity index (χ2n) is 7.27. The Morgan fingerprint density at radius 3 is 2.58 bits per heavy atom. The maximum Gasteiger partial charge on any atom is 0.258 e. The van der Waals surface area contributed by atoms with Gasteiger partial charge in [-0.1, -0.05) is 18.2 Å². The maximum atomic E-state index is 12.6. The van der Waals surface area contributed by atoms with Crippen LogP contribution in [0.3, 0.4) is 0 Å². The number of nitrogens with zero attached hydrogens (tertiary/aromatic N) is 2. The van der Waals surface area contributed by atoms with Gasteiger partial charge in [-0.15, -0.1) is 0 Å². The lowest BCUT2D eigenvalue weighted by molar-refractivity contribution is 0.0303. The monoisotopic (exact) mass is 417 g/mol. The van der Waals surface area contributed by atoms with Crippen LogP contribution in [-0.2, 0) is 4.74 Å². The van der Waals surface area contributed by atoms with Gasteiger partial charge in [0.2, 0.25) is 0 Å². The number of H-pyrrole nitrogens is 1. The van der Waals surface area contributed by atoms with Crippen LogP contribution in [0.5, 0.6) is 0 Å². The number of anilines is 1. The molecule has 0 atom stereocenters. The Balaban J connectivity index is 1.56. The molecule has 1 amide bonds. The third-order valence-corrected chi connectivity index (χ3v) is 5.36. The number of hydrogen-bond acceptors (Lipinski definition) is 6. The van der Waals surface area contributed by atoms with E-state index in [1.165, 1.54) is 6.20 Å². The molecule has 0 saturated carbocycles. The standard InChI is InChI=1S/C23H23N5O3/c1-15-18-4-2-3-5-19(18)26-22(29)21(15)20(27-24)14-25-17-8-6-16(7-9-17)23(30)28-10-12-31-13-11-28/h2-9,14,24-25H,10-13H2,1H3,(H,26,29)/b20-14-,27-24?. The van der Waals surface area contributed by atoms with Crippen molar-refractivity contribution in [1.82, 2.24) is 9.88 Å². The van der Waals surface area contributed by atoms with Crippen LogP contribution in [0.2, 0.25) is 0 Å². The third kappa shape index (κ3) is 4.24. The van der Waals surface area contributed by atoms with Gasteiger partial charge in [-0.3, -0.25) is 9.59 Å². The zero-order valence-electron chi connectivity index (χ0n) is 17.1. The molecule has 1 fully saturated rings. The number of fused-ring (bicyclic) bond motifs is 1. The van der Waals surface area contributed by atoms with Gasteiger partial charge in [-0.2, -0.15) is 5.11 Å². The van der Waals surface area contributed by atoms with Crippen LogP contribution in [0.1, 0.15) is 21.5 Å². The zero-order chi connectivity index (χ0) is 21.8. The molecular formula is C23H23N5O3. The molecule has 0 radical (unpaired) electrons. The molecule has 0 bridgehead atoms. The lowest BCUT2D eigenvalue weighted by Crippen LogP contribution is -2.40. The van der Waals surface area contributed by atoms with Crippen LogP contribution < -0.4 is 10.9 Å². The minimum Gasteiger partial charge on any atom is -0.378 e. The number of benzene rings is 2. The Bertz CT molecular complexity index is 1210. The van der Waals surface area contributed by atoms with Gasteiger partial charge in [-0.05, 0) is 42.8 Å². The molecule has 8 nitrogen and oxygen atoms in total. The molecule has 0 spiro atoms. The van der Waals surface area contributed by atoms with Crippen molar-refractivity contribution in [2.45, 2.75) is 6.92 Å². The van der Waals surface area contributed by atoms with Crippen molar-refractivity contribution in [2.24, 2.45) is 5.11 Å². The van der Waals surface area contributed by atoms with E-state index in [2.05, 4.69) is 15.4 Å². The van der Waals surface area contributed by atoms with Crippen molar-refractivity contribution in [3.63, 3.8) is 0 Å². The summed E-state index contributed by atoms with van der Waals surface area (Å²) in [7, 11) is 0. The third-order valence-electron chi connectivity index (χ3n) is 5.36. The summed E-state index contributed by atoms with van der Waals surface area (Å²) in [5.74, 6) is -0.0226. The van der Waals surface area contributed by atoms with E-state index in [-0.39, 0.29) is 17.2 Å². The molecule has 1 saturated heterocycles. The molecule has 1 aliphatic heterocycles. The van der Waals surface area contributed by atoms with E-state index in [0.29, 0.717) is 37.4 Å². The van der Waals surface area contributed by atoms with Crippen molar-refractivity contribution in [3.8, 4) is 0 Å². The highest BCUT2D eigenvalue weighted by Crippen LogP contribution is 2.23. The average molecular weight is 417 g/mol. The van der Waals surface area contributed by atoms with Crippen LogP contribution in [0.4, 0.5) is 5.69 Å². The summed E-state index contributed by atoms with van der Waals surface area (Å²) in [6, 6.07) is 14.6. The number of morpholine rings is 1. The number of pyridine rings is 1. The molecule has 2 aromatic carbocycles. The fourth-order valence-electron chi connectivity index (χ4n) is 3.69. The van der Waals surface area contributed by atoms with Gasteiger partial charge in [0.05, 0.1) is 18.8 Å². The SMILES string of the molecule is Cc1c(/C(=C/Nc2ccc(C(=O)N3CCOCC3)cc2)N=N)c(=O)[nH]c2ccccc12. The number of hydrogen-bond donors (Lipinski definition) is 3. The largest absolute Gasteiger partial charge is 0.378 e. The number of carbonyl (C=O) groups is 1.